The molecule has 0 fully saturated rings. The van der Waals surface area contributed by atoms with Crippen molar-refractivity contribution in [3.63, 3.8) is 0 Å². The summed E-state index contributed by atoms with van der Waals surface area (Å²) in [5, 5.41) is 8.93. The van der Waals surface area contributed by atoms with Crippen molar-refractivity contribution in [1.82, 2.24) is 9.97 Å². The molecule has 0 radical (unpaired) electrons. The molecular weight excluding hydrogens is 230 g/mol. The summed E-state index contributed by atoms with van der Waals surface area (Å²) in [7, 11) is 0. The first-order chi connectivity index (χ1) is 7.99. The molecule has 0 bridgehead atoms. The smallest absolute Gasteiger partial charge is 0.354 e. The Morgan fingerprint density at radius 3 is 2.65 bits per heavy atom. The van der Waals surface area contributed by atoms with Crippen molar-refractivity contribution in [2.45, 2.75) is 6.92 Å². The Kier molecular flexibility index (Phi) is 2.63. The Labute approximate surface area is 94.9 Å². The van der Waals surface area contributed by atoms with Gasteiger partial charge in [-0.15, -0.1) is 0 Å². The van der Waals surface area contributed by atoms with Gasteiger partial charge in [-0.05, 0) is 25.1 Å². The molecule has 2 aromatic rings. The number of rotatable bonds is 2. The van der Waals surface area contributed by atoms with Crippen molar-refractivity contribution in [3.8, 4) is 11.3 Å². The molecule has 0 unspecified atom stereocenters. The van der Waals surface area contributed by atoms with E-state index in [0.717, 1.165) is 12.1 Å². The van der Waals surface area contributed by atoms with E-state index >= 15 is 0 Å². The number of hydrogen-bond donors (Lipinski definition) is 2. The van der Waals surface area contributed by atoms with E-state index in [2.05, 4.69) is 9.97 Å². The van der Waals surface area contributed by atoms with Crippen molar-refractivity contribution in [2.75, 3.05) is 0 Å². The number of carboxylic acids is 1. The molecule has 1 heterocycles. The highest BCUT2D eigenvalue weighted by atomic mass is 19.2. The average Bonchev–Trinajstić information content (AvgIpc) is 2.64. The molecule has 2 N–H and O–H groups in total. The first-order valence-electron chi connectivity index (χ1n) is 4.74. The second-order valence-electron chi connectivity index (χ2n) is 3.48. The number of carbonyl (C=O) groups is 1. The summed E-state index contributed by atoms with van der Waals surface area (Å²) in [6.45, 7) is 1.58. The van der Waals surface area contributed by atoms with E-state index in [0.29, 0.717) is 5.82 Å². The first kappa shape index (κ1) is 11.3. The number of benzene rings is 1. The highest BCUT2D eigenvalue weighted by Gasteiger charge is 2.17. The molecule has 0 aliphatic heterocycles. The molecule has 0 saturated heterocycles. The number of nitrogens with zero attached hydrogens (tertiary/aromatic N) is 1. The summed E-state index contributed by atoms with van der Waals surface area (Å²) < 4.78 is 25.8. The van der Waals surface area contributed by atoms with Gasteiger partial charge in [0.25, 0.3) is 0 Å². The largest absolute Gasteiger partial charge is 0.477 e. The molecule has 0 aliphatic carbocycles. The van der Waals surface area contributed by atoms with Crippen LogP contribution in [0.5, 0.6) is 0 Å². The Balaban J connectivity index is 2.59. The van der Waals surface area contributed by atoms with Crippen LogP contribution in [0.25, 0.3) is 11.3 Å². The number of aryl methyl sites for hydroxylation is 1. The van der Waals surface area contributed by atoms with Gasteiger partial charge in [-0.1, -0.05) is 0 Å². The third kappa shape index (κ3) is 2.01. The maximum absolute atomic E-state index is 13.0. The molecule has 6 heteroatoms. The molecular formula is C11H8F2N2O2. The van der Waals surface area contributed by atoms with Gasteiger partial charge >= 0.3 is 5.97 Å². The van der Waals surface area contributed by atoms with Crippen molar-refractivity contribution in [1.29, 1.82) is 0 Å². The van der Waals surface area contributed by atoms with Gasteiger partial charge in [0.15, 0.2) is 17.3 Å². The number of carboxylic acid groups (broad SMARTS) is 1. The summed E-state index contributed by atoms with van der Waals surface area (Å²) >= 11 is 0. The van der Waals surface area contributed by atoms with Gasteiger partial charge in [0.2, 0.25) is 0 Å². The molecule has 0 amide bonds. The fourth-order valence-electron chi connectivity index (χ4n) is 1.50. The highest BCUT2D eigenvalue weighted by Crippen LogP contribution is 2.23. The summed E-state index contributed by atoms with van der Waals surface area (Å²) in [5.74, 6) is -2.84. The van der Waals surface area contributed by atoms with Gasteiger partial charge in [0.05, 0.1) is 0 Å². The van der Waals surface area contributed by atoms with E-state index < -0.39 is 17.6 Å². The van der Waals surface area contributed by atoms with Crippen LogP contribution in [-0.2, 0) is 0 Å². The molecule has 1 aromatic heterocycles. The van der Waals surface area contributed by atoms with E-state index in [1.54, 1.807) is 6.92 Å². The molecule has 0 atom stereocenters. The summed E-state index contributed by atoms with van der Waals surface area (Å²) in [5.41, 5.74) is 0.160. The van der Waals surface area contributed by atoms with Gasteiger partial charge < -0.3 is 10.1 Å². The predicted molar refractivity (Wildman–Crippen MR) is 55.6 cm³/mol. The fraction of sp³-hybridized carbons (Fsp3) is 0.0909. The van der Waals surface area contributed by atoms with E-state index in [1.165, 1.54) is 6.07 Å². The monoisotopic (exact) mass is 238 g/mol. The number of aromatic carboxylic acids is 1. The zero-order valence-electron chi connectivity index (χ0n) is 8.79. The lowest BCUT2D eigenvalue weighted by molar-refractivity contribution is 0.0692. The average molecular weight is 238 g/mol. The standard InChI is InChI=1S/C11H8F2N2O2/c1-5-14-9(10(15-5)11(16)17)6-2-3-7(12)8(13)4-6/h2-4H,1H3,(H,14,15)(H,16,17). The minimum atomic E-state index is -1.20. The fourth-order valence-corrected chi connectivity index (χ4v) is 1.50. The number of imidazole rings is 1. The van der Waals surface area contributed by atoms with Gasteiger partial charge in [-0.25, -0.2) is 18.6 Å². The molecule has 0 saturated carbocycles. The predicted octanol–water partition coefficient (Wildman–Crippen LogP) is 2.36. The molecule has 1 aromatic carbocycles. The van der Waals surface area contributed by atoms with Crippen LogP contribution in [0, 0.1) is 18.6 Å². The van der Waals surface area contributed by atoms with Crippen LogP contribution in [0.15, 0.2) is 18.2 Å². The summed E-state index contributed by atoms with van der Waals surface area (Å²) in [4.78, 5) is 17.4. The highest BCUT2D eigenvalue weighted by molar-refractivity contribution is 5.92. The SMILES string of the molecule is Cc1nc(-c2ccc(F)c(F)c2)c(C(=O)O)[nH]1. The zero-order valence-corrected chi connectivity index (χ0v) is 8.79. The molecule has 0 aliphatic rings. The summed E-state index contributed by atoms with van der Waals surface area (Å²) in [6, 6.07) is 3.12. The Morgan fingerprint density at radius 1 is 1.35 bits per heavy atom. The second kappa shape index (κ2) is 3.97. The molecule has 17 heavy (non-hydrogen) atoms. The zero-order chi connectivity index (χ0) is 12.6. The van der Waals surface area contributed by atoms with Gasteiger partial charge in [-0.2, -0.15) is 0 Å². The number of aromatic amines is 1. The quantitative estimate of drug-likeness (QED) is 0.844. The van der Waals surface area contributed by atoms with Crippen LogP contribution < -0.4 is 0 Å². The normalized spacial score (nSPS) is 10.5. The number of aromatic nitrogens is 2. The van der Waals surface area contributed by atoms with E-state index in [-0.39, 0.29) is 17.0 Å². The van der Waals surface area contributed by atoms with Gasteiger partial charge in [-0.3, -0.25) is 0 Å². The lowest BCUT2D eigenvalue weighted by atomic mass is 10.1. The molecule has 0 spiro atoms. The Morgan fingerprint density at radius 2 is 2.06 bits per heavy atom. The van der Waals surface area contributed by atoms with Crippen molar-refractivity contribution in [2.24, 2.45) is 0 Å². The molecule has 88 valence electrons. The van der Waals surface area contributed by atoms with Crippen molar-refractivity contribution in [3.05, 3.63) is 41.4 Å². The van der Waals surface area contributed by atoms with Crippen LogP contribution in [0.1, 0.15) is 16.3 Å². The lowest BCUT2D eigenvalue weighted by Gasteiger charge is -2.00. The van der Waals surface area contributed by atoms with Crippen LogP contribution in [0.2, 0.25) is 0 Å². The van der Waals surface area contributed by atoms with Crippen LogP contribution in [0.3, 0.4) is 0 Å². The van der Waals surface area contributed by atoms with Crippen molar-refractivity contribution < 1.29 is 18.7 Å². The van der Waals surface area contributed by atoms with E-state index in [9.17, 15) is 13.6 Å². The van der Waals surface area contributed by atoms with E-state index in [4.69, 9.17) is 5.11 Å². The Hall–Kier alpha value is -2.24. The minimum absolute atomic E-state index is 0.0916. The van der Waals surface area contributed by atoms with Gasteiger partial charge in [0, 0.05) is 5.56 Å². The lowest BCUT2D eigenvalue weighted by Crippen LogP contribution is -1.99. The maximum atomic E-state index is 13.0. The Bertz CT molecular complexity index is 593. The topological polar surface area (TPSA) is 66.0 Å². The third-order valence-corrected chi connectivity index (χ3v) is 2.23. The van der Waals surface area contributed by atoms with Crippen LogP contribution in [0.4, 0.5) is 8.78 Å². The molecule has 4 nitrogen and oxygen atoms in total. The first-order valence-corrected chi connectivity index (χ1v) is 4.74. The van der Waals surface area contributed by atoms with Crippen LogP contribution in [-0.4, -0.2) is 21.0 Å². The minimum Gasteiger partial charge on any atom is -0.477 e. The second-order valence-corrected chi connectivity index (χ2v) is 3.48. The van der Waals surface area contributed by atoms with Crippen LogP contribution >= 0.6 is 0 Å². The number of nitrogens with one attached hydrogen (secondary N) is 1. The van der Waals surface area contributed by atoms with E-state index in [1.807, 2.05) is 0 Å². The number of halogens is 2. The molecule has 2 rings (SSSR count). The maximum Gasteiger partial charge on any atom is 0.354 e. The van der Waals surface area contributed by atoms with Crippen molar-refractivity contribution >= 4 is 5.97 Å². The third-order valence-electron chi connectivity index (χ3n) is 2.23. The van der Waals surface area contributed by atoms with Gasteiger partial charge in [0.1, 0.15) is 11.5 Å². The number of hydrogen-bond acceptors (Lipinski definition) is 2. The number of H-pyrrole nitrogens is 1. The summed E-state index contributed by atoms with van der Waals surface area (Å²) in [6.07, 6.45) is 0.